The largest absolute Gasteiger partial charge is 0.385 e. The summed E-state index contributed by atoms with van der Waals surface area (Å²) in [6.07, 6.45) is 0.797. The maximum atomic E-state index is 12.0. The first-order valence-electron chi connectivity index (χ1n) is 8.20. The van der Waals surface area contributed by atoms with Gasteiger partial charge in [-0.15, -0.1) is 0 Å². The molecule has 0 fully saturated rings. The Kier molecular flexibility index (Phi) is 8.15. The Morgan fingerprint density at radius 1 is 1.27 bits per heavy atom. The molecule has 0 aliphatic carbocycles. The van der Waals surface area contributed by atoms with E-state index in [0.29, 0.717) is 34.8 Å². The zero-order valence-corrected chi connectivity index (χ0v) is 16.7. The lowest BCUT2D eigenvalue weighted by Gasteiger charge is -2.12. The molecule has 1 heterocycles. The molecule has 6 nitrogen and oxygen atoms in total. The Balaban J connectivity index is 1.90. The normalized spacial score (nSPS) is 10.6. The quantitative estimate of drug-likeness (QED) is 0.305. The van der Waals surface area contributed by atoms with Crippen molar-refractivity contribution >= 4 is 35.1 Å². The van der Waals surface area contributed by atoms with Gasteiger partial charge in [0.05, 0.1) is 0 Å². The van der Waals surface area contributed by atoms with Crippen LogP contribution in [0.4, 0.5) is 5.82 Å². The average Bonchev–Trinajstić information content (AvgIpc) is 2.63. The van der Waals surface area contributed by atoms with Crippen LogP contribution in [0.25, 0.3) is 0 Å². The van der Waals surface area contributed by atoms with Crippen molar-refractivity contribution in [3.8, 4) is 0 Å². The maximum absolute atomic E-state index is 12.0. The maximum Gasteiger partial charge on any atom is 0.251 e. The predicted molar refractivity (Wildman–Crippen MR) is 106 cm³/mol. The zero-order chi connectivity index (χ0) is 18.9. The van der Waals surface area contributed by atoms with Gasteiger partial charge in [0.15, 0.2) is 5.16 Å². The van der Waals surface area contributed by atoms with Crippen LogP contribution in [0.1, 0.15) is 22.3 Å². The second kappa shape index (κ2) is 10.4. The lowest BCUT2D eigenvalue weighted by atomic mass is 10.1. The fourth-order valence-electron chi connectivity index (χ4n) is 2.10. The van der Waals surface area contributed by atoms with Crippen LogP contribution in [0.2, 0.25) is 5.15 Å². The molecule has 2 aromatic rings. The first-order valence-corrected chi connectivity index (χ1v) is 9.56. The van der Waals surface area contributed by atoms with Crippen molar-refractivity contribution in [3.63, 3.8) is 0 Å². The van der Waals surface area contributed by atoms with Crippen molar-refractivity contribution in [3.05, 3.63) is 46.6 Å². The molecule has 26 heavy (non-hydrogen) atoms. The third-order valence-corrected chi connectivity index (χ3v) is 4.63. The Morgan fingerprint density at radius 2 is 2.00 bits per heavy atom. The molecule has 8 heteroatoms. The minimum absolute atomic E-state index is 0.0749. The van der Waals surface area contributed by atoms with Gasteiger partial charge in [0, 0.05) is 51.7 Å². The molecule has 0 saturated carbocycles. The van der Waals surface area contributed by atoms with Gasteiger partial charge in [0.25, 0.3) is 5.91 Å². The van der Waals surface area contributed by atoms with Gasteiger partial charge in [-0.3, -0.25) is 4.79 Å². The number of carbonyl (C=O) groups excluding carboxylic acids is 1. The Hall–Kier alpha value is -1.83. The molecular weight excluding hydrogens is 372 g/mol. The number of aromatic nitrogens is 2. The van der Waals surface area contributed by atoms with Crippen LogP contribution < -0.4 is 10.2 Å². The second-order valence-electron chi connectivity index (χ2n) is 5.81. The first kappa shape index (κ1) is 20.5. The lowest BCUT2D eigenvalue weighted by Crippen LogP contribution is -2.25. The van der Waals surface area contributed by atoms with Gasteiger partial charge in [0.1, 0.15) is 11.0 Å². The highest BCUT2D eigenvalue weighted by atomic mass is 35.5. The van der Waals surface area contributed by atoms with Crippen LogP contribution in [-0.2, 0) is 10.5 Å². The van der Waals surface area contributed by atoms with E-state index in [1.807, 2.05) is 43.3 Å². The number of carbonyl (C=O) groups is 1. The molecule has 1 aromatic carbocycles. The van der Waals surface area contributed by atoms with Gasteiger partial charge in [0.2, 0.25) is 0 Å². The number of amides is 1. The molecule has 1 amide bonds. The second-order valence-corrected chi connectivity index (χ2v) is 7.14. The molecule has 0 aliphatic heterocycles. The van der Waals surface area contributed by atoms with Crippen LogP contribution >= 0.6 is 23.4 Å². The number of rotatable bonds is 9. The molecule has 0 radical (unpaired) electrons. The van der Waals surface area contributed by atoms with E-state index >= 15 is 0 Å². The number of anilines is 1. The number of halogens is 1. The van der Waals surface area contributed by atoms with Gasteiger partial charge in [-0.05, 0) is 24.1 Å². The monoisotopic (exact) mass is 394 g/mol. The van der Waals surface area contributed by atoms with Gasteiger partial charge < -0.3 is 15.0 Å². The van der Waals surface area contributed by atoms with E-state index in [2.05, 4.69) is 15.3 Å². The molecular formula is C18H23ClN4O2S. The van der Waals surface area contributed by atoms with E-state index in [0.717, 1.165) is 17.8 Å². The predicted octanol–water partition coefficient (Wildman–Crippen LogP) is 3.25. The van der Waals surface area contributed by atoms with E-state index in [-0.39, 0.29) is 5.91 Å². The molecule has 0 bridgehead atoms. The highest BCUT2D eigenvalue weighted by Gasteiger charge is 2.08. The standard InChI is InChI=1S/C18H23ClN4O2S/c1-23(2)16-11-15(19)21-18(22-16)26-12-13-5-7-14(8-6-13)17(24)20-9-4-10-25-3/h5-8,11H,4,9-10,12H2,1-3H3,(H,20,24). The van der Waals surface area contributed by atoms with E-state index in [1.54, 1.807) is 13.2 Å². The van der Waals surface area contributed by atoms with Crippen molar-refractivity contribution < 1.29 is 9.53 Å². The number of hydrogen-bond donors (Lipinski definition) is 1. The zero-order valence-electron chi connectivity index (χ0n) is 15.2. The fourth-order valence-corrected chi connectivity index (χ4v) is 3.14. The summed E-state index contributed by atoms with van der Waals surface area (Å²) in [6, 6.07) is 9.26. The van der Waals surface area contributed by atoms with E-state index < -0.39 is 0 Å². The summed E-state index contributed by atoms with van der Waals surface area (Å²) in [5, 5.41) is 3.92. The Bertz CT molecular complexity index is 726. The van der Waals surface area contributed by atoms with Crippen molar-refractivity contribution in [2.24, 2.45) is 0 Å². The highest BCUT2D eigenvalue weighted by molar-refractivity contribution is 7.98. The summed E-state index contributed by atoms with van der Waals surface area (Å²) < 4.78 is 4.96. The van der Waals surface area contributed by atoms with Crippen LogP contribution in [-0.4, -0.2) is 50.2 Å². The van der Waals surface area contributed by atoms with E-state index in [9.17, 15) is 4.79 Å². The number of nitrogens with zero attached hydrogens (tertiary/aromatic N) is 3. The topological polar surface area (TPSA) is 67.3 Å². The summed E-state index contributed by atoms with van der Waals surface area (Å²) in [5.41, 5.74) is 1.73. The highest BCUT2D eigenvalue weighted by Crippen LogP contribution is 2.24. The summed E-state index contributed by atoms with van der Waals surface area (Å²) >= 11 is 7.55. The number of benzene rings is 1. The fraction of sp³-hybridized carbons (Fsp3) is 0.389. The van der Waals surface area contributed by atoms with E-state index in [1.165, 1.54) is 11.8 Å². The van der Waals surface area contributed by atoms with Crippen LogP contribution in [0.5, 0.6) is 0 Å². The molecule has 2 rings (SSSR count). The molecule has 0 saturated heterocycles. The SMILES string of the molecule is COCCCNC(=O)c1ccc(CSc2nc(Cl)cc(N(C)C)n2)cc1. The lowest BCUT2D eigenvalue weighted by molar-refractivity contribution is 0.0948. The molecule has 1 N–H and O–H groups in total. The Labute approximate surface area is 163 Å². The van der Waals surface area contributed by atoms with Crippen molar-refractivity contribution in [1.82, 2.24) is 15.3 Å². The minimum Gasteiger partial charge on any atom is -0.385 e. The van der Waals surface area contributed by atoms with Gasteiger partial charge >= 0.3 is 0 Å². The van der Waals surface area contributed by atoms with Gasteiger partial charge in [-0.25, -0.2) is 9.97 Å². The molecule has 0 spiro atoms. The smallest absolute Gasteiger partial charge is 0.251 e. The molecule has 0 unspecified atom stereocenters. The van der Waals surface area contributed by atoms with Crippen LogP contribution in [0.3, 0.4) is 0 Å². The number of hydrogen-bond acceptors (Lipinski definition) is 6. The Morgan fingerprint density at radius 3 is 2.65 bits per heavy atom. The van der Waals surface area contributed by atoms with Crippen LogP contribution in [0.15, 0.2) is 35.5 Å². The number of methoxy groups -OCH3 is 1. The number of ether oxygens (including phenoxy) is 1. The average molecular weight is 395 g/mol. The third kappa shape index (κ3) is 6.48. The molecule has 0 aliphatic rings. The molecule has 1 aromatic heterocycles. The molecule has 0 atom stereocenters. The van der Waals surface area contributed by atoms with E-state index in [4.69, 9.17) is 16.3 Å². The number of nitrogens with one attached hydrogen (secondary N) is 1. The minimum atomic E-state index is -0.0749. The summed E-state index contributed by atoms with van der Waals surface area (Å²) in [4.78, 5) is 22.6. The summed E-state index contributed by atoms with van der Waals surface area (Å²) in [7, 11) is 5.46. The van der Waals surface area contributed by atoms with Crippen molar-refractivity contribution in [2.45, 2.75) is 17.3 Å². The van der Waals surface area contributed by atoms with Crippen molar-refractivity contribution in [1.29, 1.82) is 0 Å². The third-order valence-electron chi connectivity index (χ3n) is 3.51. The van der Waals surface area contributed by atoms with Crippen LogP contribution in [0, 0.1) is 0 Å². The first-order chi connectivity index (χ1) is 12.5. The summed E-state index contributed by atoms with van der Waals surface area (Å²) in [5.74, 6) is 1.39. The summed E-state index contributed by atoms with van der Waals surface area (Å²) in [6.45, 7) is 1.24. The molecule has 140 valence electrons. The number of thioether (sulfide) groups is 1. The van der Waals surface area contributed by atoms with Gasteiger partial charge in [-0.2, -0.15) is 0 Å². The van der Waals surface area contributed by atoms with Crippen molar-refractivity contribution in [2.75, 3.05) is 39.3 Å². The van der Waals surface area contributed by atoms with Gasteiger partial charge in [-0.1, -0.05) is 35.5 Å².